The number of nitrogen functional groups attached to an aromatic ring is 1. The molecule has 1 aromatic rings. The molecule has 0 aliphatic carbocycles. The number of aliphatic hydroxyl groups is 1. The minimum Gasteiger partial charge on any atom is -0.399 e. The fourth-order valence-corrected chi connectivity index (χ4v) is 2.10. The van der Waals surface area contributed by atoms with E-state index < -0.39 is 0 Å². The average Bonchev–Trinajstić information content (AvgIpc) is 2.73. The van der Waals surface area contributed by atoms with Crippen LogP contribution in [0.4, 0.5) is 16.2 Å². The molecule has 5 heteroatoms. The van der Waals surface area contributed by atoms with E-state index in [1.165, 1.54) is 0 Å². The van der Waals surface area contributed by atoms with Gasteiger partial charge in [0.05, 0.1) is 0 Å². The topological polar surface area (TPSA) is 69.8 Å². The maximum atomic E-state index is 12.1. The number of urea groups is 1. The Morgan fingerprint density at radius 2 is 1.89 bits per heavy atom. The molecule has 0 atom stereocenters. The Bertz CT molecular complexity index is 405. The molecule has 2 rings (SSSR count). The summed E-state index contributed by atoms with van der Waals surface area (Å²) in [6, 6.07) is 7.38. The molecule has 0 aromatic heterocycles. The largest absolute Gasteiger partial charge is 0.399 e. The van der Waals surface area contributed by atoms with Crippen molar-refractivity contribution in [1.29, 1.82) is 0 Å². The number of anilines is 2. The molecule has 1 aliphatic rings. The highest BCUT2D eigenvalue weighted by atomic mass is 16.3. The fourth-order valence-electron chi connectivity index (χ4n) is 2.10. The Balaban J connectivity index is 1.96. The molecule has 1 fully saturated rings. The van der Waals surface area contributed by atoms with Gasteiger partial charge in [0, 0.05) is 37.6 Å². The molecule has 98 valence electrons. The lowest BCUT2D eigenvalue weighted by atomic mass is 10.2. The van der Waals surface area contributed by atoms with Crippen molar-refractivity contribution in [3.05, 3.63) is 24.3 Å². The highest BCUT2D eigenvalue weighted by molar-refractivity contribution is 5.94. The number of hydrogen-bond acceptors (Lipinski definition) is 3. The Morgan fingerprint density at radius 3 is 2.56 bits per heavy atom. The van der Waals surface area contributed by atoms with E-state index in [4.69, 9.17) is 10.8 Å². The van der Waals surface area contributed by atoms with Gasteiger partial charge in [-0.2, -0.15) is 0 Å². The first-order valence-corrected chi connectivity index (χ1v) is 6.25. The van der Waals surface area contributed by atoms with Crippen molar-refractivity contribution in [2.45, 2.75) is 12.8 Å². The minimum absolute atomic E-state index is 0.0395. The number of carbonyl (C=O) groups is 1. The minimum atomic E-state index is 0.0395. The number of amides is 2. The first kappa shape index (κ1) is 12.7. The molecule has 1 aromatic carbocycles. The van der Waals surface area contributed by atoms with Gasteiger partial charge in [0.15, 0.2) is 0 Å². The highest BCUT2D eigenvalue weighted by Gasteiger charge is 2.28. The van der Waals surface area contributed by atoms with Crippen molar-refractivity contribution >= 4 is 17.4 Å². The number of benzene rings is 1. The lowest BCUT2D eigenvalue weighted by Gasteiger charge is -2.18. The van der Waals surface area contributed by atoms with E-state index in [1.54, 1.807) is 17.0 Å². The van der Waals surface area contributed by atoms with Gasteiger partial charge >= 0.3 is 6.03 Å². The van der Waals surface area contributed by atoms with Crippen LogP contribution in [0.2, 0.25) is 0 Å². The number of aliphatic hydroxyl groups excluding tert-OH is 1. The van der Waals surface area contributed by atoms with E-state index in [9.17, 15) is 4.79 Å². The van der Waals surface area contributed by atoms with Crippen LogP contribution in [0.25, 0.3) is 0 Å². The van der Waals surface area contributed by atoms with Gasteiger partial charge in [-0.3, -0.25) is 4.90 Å². The third-order valence-corrected chi connectivity index (χ3v) is 3.14. The van der Waals surface area contributed by atoms with Crippen molar-refractivity contribution in [3.63, 3.8) is 0 Å². The SMILES string of the molecule is Nc1ccc(N2CCN(CCCCO)C2=O)cc1. The zero-order valence-corrected chi connectivity index (χ0v) is 10.4. The lowest BCUT2D eigenvalue weighted by Crippen LogP contribution is -2.32. The van der Waals surface area contributed by atoms with Gasteiger partial charge in [-0.15, -0.1) is 0 Å². The summed E-state index contributed by atoms with van der Waals surface area (Å²) in [5.74, 6) is 0. The van der Waals surface area contributed by atoms with Crippen LogP contribution < -0.4 is 10.6 Å². The van der Waals surface area contributed by atoms with Gasteiger partial charge in [-0.25, -0.2) is 4.79 Å². The standard InChI is InChI=1S/C13H19N3O2/c14-11-3-5-12(6-4-11)16-9-8-15(13(16)18)7-1-2-10-17/h3-6,17H,1-2,7-10,14H2. The molecule has 0 bridgehead atoms. The van der Waals surface area contributed by atoms with Gasteiger partial charge in [0.1, 0.15) is 0 Å². The van der Waals surface area contributed by atoms with Crippen molar-refractivity contribution in [3.8, 4) is 0 Å². The second-order valence-electron chi connectivity index (χ2n) is 4.44. The van der Waals surface area contributed by atoms with Crippen LogP contribution in [0.1, 0.15) is 12.8 Å². The predicted molar refractivity (Wildman–Crippen MR) is 71.5 cm³/mol. The lowest BCUT2D eigenvalue weighted by molar-refractivity contribution is 0.216. The third-order valence-electron chi connectivity index (χ3n) is 3.14. The number of nitrogens with two attached hydrogens (primary N) is 1. The molecule has 1 heterocycles. The number of rotatable bonds is 5. The number of carbonyl (C=O) groups excluding carboxylic acids is 1. The summed E-state index contributed by atoms with van der Waals surface area (Å²) in [5.41, 5.74) is 7.22. The normalized spacial score (nSPS) is 15.5. The van der Waals surface area contributed by atoms with Crippen LogP contribution in [-0.4, -0.2) is 42.3 Å². The van der Waals surface area contributed by atoms with Gasteiger partial charge in [-0.1, -0.05) is 0 Å². The van der Waals surface area contributed by atoms with E-state index in [0.29, 0.717) is 18.8 Å². The fraction of sp³-hybridized carbons (Fsp3) is 0.462. The summed E-state index contributed by atoms with van der Waals surface area (Å²) in [6.07, 6.45) is 1.59. The van der Waals surface area contributed by atoms with E-state index in [2.05, 4.69) is 0 Å². The molecule has 2 amide bonds. The average molecular weight is 249 g/mol. The van der Waals surface area contributed by atoms with Gasteiger partial charge in [0.25, 0.3) is 0 Å². The van der Waals surface area contributed by atoms with E-state index >= 15 is 0 Å². The number of unbranched alkanes of at least 4 members (excludes halogenated alkanes) is 1. The van der Waals surface area contributed by atoms with Crippen molar-refractivity contribution in [1.82, 2.24) is 4.90 Å². The summed E-state index contributed by atoms with van der Waals surface area (Å²) in [7, 11) is 0. The molecule has 1 saturated heterocycles. The highest BCUT2D eigenvalue weighted by Crippen LogP contribution is 2.21. The smallest absolute Gasteiger partial charge is 0.324 e. The molecule has 0 spiro atoms. The molecule has 0 unspecified atom stereocenters. The maximum Gasteiger partial charge on any atom is 0.324 e. The van der Waals surface area contributed by atoms with Crippen LogP contribution in [0, 0.1) is 0 Å². The summed E-state index contributed by atoms with van der Waals surface area (Å²) in [5, 5.41) is 8.74. The molecule has 1 aliphatic heterocycles. The van der Waals surface area contributed by atoms with Gasteiger partial charge < -0.3 is 15.7 Å². The van der Waals surface area contributed by atoms with Crippen molar-refractivity contribution < 1.29 is 9.90 Å². The molecule has 18 heavy (non-hydrogen) atoms. The Kier molecular flexibility index (Phi) is 4.04. The van der Waals surface area contributed by atoms with E-state index in [0.717, 1.165) is 25.1 Å². The van der Waals surface area contributed by atoms with Gasteiger partial charge in [-0.05, 0) is 37.1 Å². The molecule has 0 radical (unpaired) electrons. The van der Waals surface area contributed by atoms with Gasteiger partial charge in [0.2, 0.25) is 0 Å². The number of nitrogens with zero attached hydrogens (tertiary/aromatic N) is 2. The molecule has 3 N–H and O–H groups in total. The van der Waals surface area contributed by atoms with Crippen LogP contribution in [0.15, 0.2) is 24.3 Å². The first-order chi connectivity index (χ1) is 8.72. The first-order valence-electron chi connectivity index (χ1n) is 6.25. The predicted octanol–water partition coefficient (Wildman–Crippen LogP) is 1.28. The third kappa shape index (κ3) is 2.73. The zero-order chi connectivity index (χ0) is 13.0. The molecular weight excluding hydrogens is 230 g/mol. The van der Waals surface area contributed by atoms with Crippen LogP contribution in [0.3, 0.4) is 0 Å². The second-order valence-corrected chi connectivity index (χ2v) is 4.44. The monoisotopic (exact) mass is 249 g/mol. The van der Waals surface area contributed by atoms with Crippen molar-refractivity contribution in [2.75, 3.05) is 36.9 Å². The Hall–Kier alpha value is -1.75. The Morgan fingerprint density at radius 1 is 1.17 bits per heavy atom. The molecular formula is C13H19N3O2. The quantitative estimate of drug-likeness (QED) is 0.610. The van der Waals surface area contributed by atoms with Crippen molar-refractivity contribution in [2.24, 2.45) is 0 Å². The van der Waals surface area contributed by atoms with Crippen LogP contribution in [-0.2, 0) is 0 Å². The van der Waals surface area contributed by atoms with Crippen LogP contribution in [0.5, 0.6) is 0 Å². The molecule has 0 saturated carbocycles. The summed E-state index contributed by atoms with van der Waals surface area (Å²) in [6.45, 7) is 2.35. The van der Waals surface area contributed by atoms with Crippen LogP contribution >= 0.6 is 0 Å². The Labute approximate surface area is 107 Å². The number of hydrogen-bond donors (Lipinski definition) is 2. The van der Waals surface area contributed by atoms with E-state index in [1.807, 2.05) is 17.0 Å². The summed E-state index contributed by atoms with van der Waals surface area (Å²) in [4.78, 5) is 15.7. The summed E-state index contributed by atoms with van der Waals surface area (Å²) < 4.78 is 0. The second kappa shape index (κ2) is 5.73. The zero-order valence-electron chi connectivity index (χ0n) is 10.4. The van der Waals surface area contributed by atoms with E-state index in [-0.39, 0.29) is 12.6 Å². The summed E-state index contributed by atoms with van der Waals surface area (Å²) >= 11 is 0. The molecule has 5 nitrogen and oxygen atoms in total. The maximum absolute atomic E-state index is 12.1.